The van der Waals surface area contributed by atoms with E-state index in [9.17, 15) is 9.59 Å². The number of rotatable bonds is 7. The average Bonchev–Trinajstić information content (AvgIpc) is 3.01. The Balaban J connectivity index is 1.51. The van der Waals surface area contributed by atoms with Crippen molar-refractivity contribution >= 4 is 12.0 Å². The van der Waals surface area contributed by atoms with Crippen molar-refractivity contribution in [2.45, 2.75) is 44.6 Å². The molecule has 0 saturated heterocycles. The fourth-order valence-corrected chi connectivity index (χ4v) is 2.37. The van der Waals surface area contributed by atoms with E-state index in [1.165, 1.54) is 12.8 Å². The predicted octanol–water partition coefficient (Wildman–Crippen LogP) is 1.11. The molecule has 2 saturated carbocycles. The summed E-state index contributed by atoms with van der Waals surface area (Å²) < 4.78 is 5.61. The molecule has 0 bridgehead atoms. The van der Waals surface area contributed by atoms with Gasteiger partial charge in [-0.3, -0.25) is 4.79 Å². The molecule has 2 aliphatic carbocycles. The second-order valence-corrected chi connectivity index (χ2v) is 5.47. The average molecular weight is 270 g/mol. The lowest BCUT2D eigenvalue weighted by molar-refractivity contribution is -0.143. The third-order valence-electron chi connectivity index (χ3n) is 3.94. The summed E-state index contributed by atoms with van der Waals surface area (Å²) in [6.45, 7) is 1.18. The van der Waals surface area contributed by atoms with Gasteiger partial charge in [0.1, 0.15) is 0 Å². The van der Waals surface area contributed by atoms with E-state index in [1.807, 2.05) is 0 Å². The van der Waals surface area contributed by atoms with Crippen molar-refractivity contribution in [2.24, 2.45) is 5.41 Å². The third kappa shape index (κ3) is 4.09. The number of nitrogens with one attached hydrogen (secondary N) is 2. The summed E-state index contributed by atoms with van der Waals surface area (Å²) in [5.41, 5.74) is -0.711. The van der Waals surface area contributed by atoms with Gasteiger partial charge in [-0.1, -0.05) is 12.8 Å². The van der Waals surface area contributed by atoms with Gasteiger partial charge in [0.15, 0.2) is 0 Å². The molecule has 0 aliphatic heterocycles. The zero-order valence-corrected chi connectivity index (χ0v) is 11.1. The largest absolute Gasteiger partial charge is 0.481 e. The fourth-order valence-electron chi connectivity index (χ4n) is 2.37. The lowest BCUT2D eigenvalue weighted by Crippen LogP contribution is -2.41. The highest BCUT2D eigenvalue weighted by Gasteiger charge is 2.50. The van der Waals surface area contributed by atoms with E-state index in [4.69, 9.17) is 9.84 Å². The maximum atomic E-state index is 11.5. The SMILES string of the molecule is O=C(NCCOC1CCCC1)NCC1(C(=O)O)CC1. The van der Waals surface area contributed by atoms with Gasteiger partial charge in [-0.25, -0.2) is 4.79 Å². The van der Waals surface area contributed by atoms with E-state index >= 15 is 0 Å². The minimum atomic E-state index is -0.822. The van der Waals surface area contributed by atoms with Gasteiger partial charge in [-0.2, -0.15) is 0 Å². The van der Waals surface area contributed by atoms with Crippen molar-refractivity contribution in [2.75, 3.05) is 19.7 Å². The van der Waals surface area contributed by atoms with Crippen LogP contribution in [0.5, 0.6) is 0 Å². The molecule has 0 atom stereocenters. The minimum Gasteiger partial charge on any atom is -0.481 e. The summed E-state index contributed by atoms with van der Waals surface area (Å²) in [6, 6.07) is -0.317. The Bertz CT molecular complexity index is 336. The Kier molecular flexibility index (Phi) is 4.63. The monoisotopic (exact) mass is 270 g/mol. The number of aliphatic carboxylic acids is 1. The summed E-state index contributed by atoms with van der Waals surface area (Å²) in [4.78, 5) is 22.4. The van der Waals surface area contributed by atoms with Crippen LogP contribution in [0, 0.1) is 5.41 Å². The maximum absolute atomic E-state index is 11.5. The Morgan fingerprint density at radius 2 is 1.89 bits per heavy atom. The summed E-state index contributed by atoms with van der Waals surface area (Å²) in [5, 5.41) is 14.2. The number of amides is 2. The number of carboxylic acids is 1. The van der Waals surface area contributed by atoms with Crippen LogP contribution < -0.4 is 10.6 Å². The molecule has 0 heterocycles. The van der Waals surface area contributed by atoms with Gasteiger partial charge < -0.3 is 20.5 Å². The molecule has 0 aromatic heterocycles. The van der Waals surface area contributed by atoms with Gasteiger partial charge >= 0.3 is 12.0 Å². The van der Waals surface area contributed by atoms with Crippen LogP contribution in [0.2, 0.25) is 0 Å². The van der Waals surface area contributed by atoms with Crippen LogP contribution in [0.1, 0.15) is 38.5 Å². The molecule has 2 rings (SSSR count). The second kappa shape index (κ2) is 6.23. The number of carbonyl (C=O) groups is 2. The summed E-state index contributed by atoms with van der Waals surface area (Å²) >= 11 is 0. The topological polar surface area (TPSA) is 87.7 Å². The number of urea groups is 1. The molecule has 0 aromatic carbocycles. The third-order valence-corrected chi connectivity index (χ3v) is 3.94. The number of carboxylic acid groups (broad SMARTS) is 1. The van der Waals surface area contributed by atoms with Crippen LogP contribution in [-0.4, -0.2) is 42.9 Å². The van der Waals surface area contributed by atoms with E-state index in [2.05, 4.69) is 10.6 Å². The first-order valence-corrected chi connectivity index (χ1v) is 6.99. The quantitative estimate of drug-likeness (QED) is 0.605. The molecular weight excluding hydrogens is 248 g/mol. The van der Waals surface area contributed by atoms with E-state index in [-0.39, 0.29) is 12.6 Å². The molecule has 0 radical (unpaired) electrons. The summed E-state index contributed by atoms with van der Waals surface area (Å²) in [6.07, 6.45) is 6.35. The van der Waals surface area contributed by atoms with Crippen molar-refractivity contribution in [1.29, 1.82) is 0 Å². The van der Waals surface area contributed by atoms with Crippen molar-refractivity contribution in [3.05, 3.63) is 0 Å². The van der Waals surface area contributed by atoms with Crippen LogP contribution in [0.15, 0.2) is 0 Å². The molecule has 108 valence electrons. The lowest BCUT2D eigenvalue weighted by Gasteiger charge is -2.13. The first kappa shape index (κ1) is 14.1. The van der Waals surface area contributed by atoms with Crippen molar-refractivity contribution < 1.29 is 19.4 Å². The highest BCUT2D eigenvalue weighted by Crippen LogP contribution is 2.45. The standard InChI is InChI=1S/C13H22N2O4/c16-11(17)13(5-6-13)9-15-12(18)14-7-8-19-10-3-1-2-4-10/h10H,1-9H2,(H,16,17)(H2,14,15,18). The number of ether oxygens (including phenoxy) is 1. The van der Waals surface area contributed by atoms with Gasteiger partial charge in [-0.05, 0) is 25.7 Å². The molecule has 3 N–H and O–H groups in total. The van der Waals surface area contributed by atoms with Crippen LogP contribution in [0.25, 0.3) is 0 Å². The zero-order chi connectivity index (χ0) is 13.7. The maximum Gasteiger partial charge on any atom is 0.314 e. The molecule has 2 amide bonds. The normalized spacial score (nSPS) is 21.1. The Morgan fingerprint density at radius 1 is 1.21 bits per heavy atom. The first-order valence-electron chi connectivity index (χ1n) is 6.99. The van der Waals surface area contributed by atoms with E-state index in [1.54, 1.807) is 0 Å². The van der Waals surface area contributed by atoms with Crippen LogP contribution in [-0.2, 0) is 9.53 Å². The van der Waals surface area contributed by atoms with Gasteiger partial charge in [-0.15, -0.1) is 0 Å². The molecule has 0 aromatic rings. The van der Waals surface area contributed by atoms with E-state index in [0.29, 0.717) is 32.1 Å². The minimum absolute atomic E-state index is 0.206. The number of hydrogen-bond donors (Lipinski definition) is 3. The van der Waals surface area contributed by atoms with Crippen molar-refractivity contribution in [3.63, 3.8) is 0 Å². The molecule has 0 unspecified atom stereocenters. The highest BCUT2D eigenvalue weighted by atomic mass is 16.5. The Labute approximate surface area is 112 Å². The predicted molar refractivity (Wildman–Crippen MR) is 68.9 cm³/mol. The molecule has 6 heteroatoms. The summed E-state index contributed by atoms with van der Waals surface area (Å²) in [5.74, 6) is -0.822. The molecule has 6 nitrogen and oxygen atoms in total. The second-order valence-electron chi connectivity index (χ2n) is 5.47. The van der Waals surface area contributed by atoms with Gasteiger partial charge in [0.25, 0.3) is 0 Å². The molecule has 2 fully saturated rings. The molecular formula is C13H22N2O4. The highest BCUT2D eigenvalue weighted by molar-refractivity contribution is 5.80. The Morgan fingerprint density at radius 3 is 2.47 bits per heavy atom. The number of carbonyl (C=O) groups excluding carboxylic acids is 1. The van der Waals surface area contributed by atoms with Crippen molar-refractivity contribution in [3.8, 4) is 0 Å². The van der Waals surface area contributed by atoms with Crippen LogP contribution >= 0.6 is 0 Å². The fraction of sp³-hybridized carbons (Fsp3) is 0.846. The summed E-state index contributed by atoms with van der Waals surface area (Å²) in [7, 11) is 0. The Hall–Kier alpha value is -1.30. The zero-order valence-electron chi connectivity index (χ0n) is 11.1. The van der Waals surface area contributed by atoms with Crippen LogP contribution in [0.4, 0.5) is 4.79 Å². The van der Waals surface area contributed by atoms with E-state index < -0.39 is 11.4 Å². The molecule has 2 aliphatic rings. The first-order chi connectivity index (χ1) is 9.12. The van der Waals surface area contributed by atoms with Crippen LogP contribution in [0.3, 0.4) is 0 Å². The van der Waals surface area contributed by atoms with Gasteiger partial charge in [0.05, 0.1) is 18.1 Å². The lowest BCUT2D eigenvalue weighted by atomic mass is 10.1. The van der Waals surface area contributed by atoms with Gasteiger partial charge in [0.2, 0.25) is 0 Å². The smallest absolute Gasteiger partial charge is 0.314 e. The molecule has 19 heavy (non-hydrogen) atoms. The van der Waals surface area contributed by atoms with E-state index in [0.717, 1.165) is 12.8 Å². The molecule has 0 spiro atoms. The van der Waals surface area contributed by atoms with Gasteiger partial charge in [0, 0.05) is 13.1 Å². The number of hydrogen-bond acceptors (Lipinski definition) is 3. The van der Waals surface area contributed by atoms with Crippen molar-refractivity contribution in [1.82, 2.24) is 10.6 Å².